The number of phenols is 1. The van der Waals surface area contributed by atoms with Crippen molar-refractivity contribution >= 4 is 39.5 Å². The Kier molecular flexibility index (Phi) is 7.59. The van der Waals surface area contributed by atoms with Gasteiger partial charge in [0.1, 0.15) is 11.5 Å². The summed E-state index contributed by atoms with van der Waals surface area (Å²) in [6.07, 6.45) is 0. The number of phenolic OH excluding ortho intramolecular Hbond substituents is 1. The van der Waals surface area contributed by atoms with E-state index in [2.05, 4.69) is 21.7 Å². The van der Waals surface area contributed by atoms with Gasteiger partial charge in [-0.25, -0.2) is 4.79 Å². The molecule has 8 heteroatoms. The van der Waals surface area contributed by atoms with E-state index >= 15 is 0 Å². The van der Waals surface area contributed by atoms with Gasteiger partial charge in [0.15, 0.2) is 0 Å². The van der Waals surface area contributed by atoms with Crippen molar-refractivity contribution in [2.45, 2.75) is 24.1 Å². The third-order valence-electron chi connectivity index (χ3n) is 6.88. The summed E-state index contributed by atoms with van der Waals surface area (Å²) in [5.41, 5.74) is 5.33. The average molecular weight is 544 g/mol. The number of nitrogens with one attached hydrogen (secondary N) is 1. The number of carbonyl (C=O) groups is 1. The third kappa shape index (κ3) is 5.10. The van der Waals surface area contributed by atoms with Gasteiger partial charge in [0.2, 0.25) is 0 Å². The molecule has 2 heterocycles. The normalized spacial score (nSPS) is 11.5. The van der Waals surface area contributed by atoms with Crippen LogP contribution in [0.2, 0.25) is 0 Å². The van der Waals surface area contributed by atoms with Crippen molar-refractivity contribution in [1.29, 1.82) is 0 Å². The fourth-order valence-electron chi connectivity index (χ4n) is 5.03. The van der Waals surface area contributed by atoms with Crippen LogP contribution < -0.4 is 4.74 Å². The van der Waals surface area contributed by atoms with Gasteiger partial charge in [0.25, 0.3) is 0 Å². The van der Waals surface area contributed by atoms with Crippen LogP contribution >= 0.6 is 11.8 Å². The summed E-state index contributed by atoms with van der Waals surface area (Å²) in [6.45, 7) is 2.53. The molecule has 0 atom stereocenters. The Labute approximate surface area is 232 Å². The smallest absolute Gasteiger partial charge is 0.340 e. The second-order valence-corrected chi connectivity index (χ2v) is 10.8. The van der Waals surface area contributed by atoms with Gasteiger partial charge in [-0.1, -0.05) is 18.2 Å². The lowest BCUT2D eigenvalue weighted by molar-refractivity contribution is 0.0527. The first-order chi connectivity index (χ1) is 18.8. The van der Waals surface area contributed by atoms with E-state index in [1.807, 2.05) is 81.5 Å². The summed E-state index contributed by atoms with van der Waals surface area (Å²) in [6, 6.07) is 19.9. The Morgan fingerprint density at radius 1 is 1.10 bits per heavy atom. The lowest BCUT2D eigenvalue weighted by Crippen LogP contribution is -2.13. The molecule has 2 aromatic heterocycles. The molecule has 0 aliphatic heterocycles. The first kappa shape index (κ1) is 26.7. The second kappa shape index (κ2) is 11.1. The van der Waals surface area contributed by atoms with Crippen molar-refractivity contribution in [2.75, 3.05) is 27.8 Å². The highest BCUT2D eigenvalue weighted by Gasteiger charge is 2.28. The number of aromatic hydroxyl groups is 1. The third-order valence-corrected chi connectivity index (χ3v) is 7.90. The van der Waals surface area contributed by atoms with Gasteiger partial charge in [-0.3, -0.25) is 0 Å². The van der Waals surface area contributed by atoms with E-state index in [-0.39, 0.29) is 18.3 Å². The monoisotopic (exact) mass is 543 g/mol. The minimum atomic E-state index is -0.378. The predicted octanol–water partition coefficient (Wildman–Crippen LogP) is 6.57. The Balaban J connectivity index is 1.74. The molecule has 202 valence electrons. The van der Waals surface area contributed by atoms with Gasteiger partial charge >= 0.3 is 5.97 Å². The number of rotatable bonds is 9. The van der Waals surface area contributed by atoms with Crippen LogP contribution in [0.25, 0.3) is 33.1 Å². The number of ether oxygens (including phenoxy) is 2. The standard InChI is InChI=1S/C31H33N3O4S/c1-6-38-31(36)29-27(18-39-21-10-8-7-9-11-21)34(4)26-16-22(30(35)23(28(26)29)17-33(2)3)25-15-19-14-20(37-5)12-13-24(19)32-25/h7-16,32,35H,6,17-18H2,1-5H3. The van der Waals surface area contributed by atoms with Crippen LogP contribution in [0.15, 0.2) is 65.6 Å². The fraction of sp³-hybridized carbons (Fsp3) is 0.258. The van der Waals surface area contributed by atoms with E-state index < -0.39 is 0 Å². The molecule has 0 radical (unpaired) electrons. The molecule has 3 aromatic carbocycles. The molecule has 0 amide bonds. The summed E-state index contributed by atoms with van der Waals surface area (Å²) >= 11 is 1.66. The topological polar surface area (TPSA) is 79.7 Å². The Morgan fingerprint density at radius 3 is 2.56 bits per heavy atom. The van der Waals surface area contributed by atoms with E-state index in [0.717, 1.165) is 43.8 Å². The minimum Gasteiger partial charge on any atom is -0.507 e. The first-order valence-electron chi connectivity index (χ1n) is 12.8. The zero-order valence-corrected chi connectivity index (χ0v) is 23.7. The molecule has 0 spiro atoms. The lowest BCUT2D eigenvalue weighted by atomic mass is 9.98. The molecule has 0 fully saturated rings. The molecule has 0 saturated carbocycles. The number of benzene rings is 3. The molecular formula is C31H33N3O4S. The number of aryl methyl sites for hydroxylation is 1. The molecular weight excluding hydrogens is 510 g/mol. The molecule has 0 unspecified atom stereocenters. The van der Waals surface area contributed by atoms with Crippen LogP contribution in [-0.4, -0.2) is 53.3 Å². The summed E-state index contributed by atoms with van der Waals surface area (Å²) in [7, 11) is 7.52. The lowest BCUT2D eigenvalue weighted by Gasteiger charge is -2.16. The van der Waals surface area contributed by atoms with E-state index in [9.17, 15) is 9.90 Å². The average Bonchev–Trinajstić information content (AvgIpc) is 3.47. The quantitative estimate of drug-likeness (QED) is 0.162. The van der Waals surface area contributed by atoms with Crippen molar-refractivity contribution < 1.29 is 19.4 Å². The summed E-state index contributed by atoms with van der Waals surface area (Å²) in [5.74, 6) is 1.11. The zero-order valence-electron chi connectivity index (χ0n) is 22.9. The number of fused-ring (bicyclic) bond motifs is 2. The fourth-order valence-corrected chi connectivity index (χ4v) is 6.02. The van der Waals surface area contributed by atoms with Crippen LogP contribution in [0.5, 0.6) is 11.5 Å². The molecule has 5 aromatic rings. The highest BCUT2D eigenvalue weighted by Crippen LogP contribution is 2.43. The molecule has 0 bridgehead atoms. The number of H-pyrrole nitrogens is 1. The van der Waals surface area contributed by atoms with E-state index in [1.54, 1.807) is 18.9 Å². The van der Waals surface area contributed by atoms with Gasteiger partial charge in [-0.15, -0.1) is 11.8 Å². The number of hydrogen-bond donors (Lipinski definition) is 2. The number of carbonyl (C=O) groups excluding carboxylic acids is 1. The minimum absolute atomic E-state index is 0.146. The molecule has 39 heavy (non-hydrogen) atoms. The van der Waals surface area contributed by atoms with Crippen molar-refractivity contribution in [3.05, 3.63) is 77.5 Å². The van der Waals surface area contributed by atoms with E-state index in [0.29, 0.717) is 29.0 Å². The first-order valence-corrected chi connectivity index (χ1v) is 13.8. The molecule has 0 aliphatic rings. The van der Waals surface area contributed by atoms with Crippen molar-refractivity contribution in [1.82, 2.24) is 14.5 Å². The Morgan fingerprint density at radius 2 is 1.87 bits per heavy atom. The number of nitrogens with zero attached hydrogens (tertiary/aromatic N) is 2. The highest BCUT2D eigenvalue weighted by molar-refractivity contribution is 7.98. The number of esters is 1. The number of aromatic amines is 1. The molecule has 0 aliphatic carbocycles. The van der Waals surface area contributed by atoms with Gasteiger partial charge in [0.05, 0.1) is 30.5 Å². The van der Waals surface area contributed by atoms with Crippen LogP contribution in [-0.2, 0) is 24.1 Å². The summed E-state index contributed by atoms with van der Waals surface area (Å²) < 4.78 is 13.0. The zero-order chi connectivity index (χ0) is 27.7. The Hall–Kier alpha value is -3.88. The molecule has 5 rings (SSSR count). The van der Waals surface area contributed by atoms with Gasteiger partial charge in [-0.05, 0) is 63.5 Å². The van der Waals surface area contributed by atoms with Crippen molar-refractivity contribution in [3.63, 3.8) is 0 Å². The maximum absolute atomic E-state index is 13.4. The predicted molar refractivity (Wildman–Crippen MR) is 158 cm³/mol. The molecule has 0 saturated heterocycles. The van der Waals surface area contributed by atoms with Crippen LogP contribution in [0.1, 0.15) is 28.5 Å². The van der Waals surface area contributed by atoms with E-state index in [4.69, 9.17) is 9.47 Å². The van der Waals surface area contributed by atoms with Crippen molar-refractivity contribution in [2.24, 2.45) is 7.05 Å². The highest BCUT2D eigenvalue weighted by atomic mass is 32.2. The van der Waals surface area contributed by atoms with E-state index in [1.165, 1.54) is 0 Å². The van der Waals surface area contributed by atoms with Gasteiger partial charge in [0, 0.05) is 57.4 Å². The SMILES string of the molecule is CCOC(=O)c1c(CSc2ccccc2)n(C)c2cc(-c3cc4cc(OC)ccc4[nH]3)c(O)c(CN(C)C)c12. The van der Waals surface area contributed by atoms with Gasteiger partial charge in [-0.2, -0.15) is 0 Å². The van der Waals surface area contributed by atoms with Crippen LogP contribution in [0.3, 0.4) is 0 Å². The Bertz CT molecular complexity index is 1650. The van der Waals surface area contributed by atoms with Crippen LogP contribution in [0.4, 0.5) is 0 Å². The van der Waals surface area contributed by atoms with Crippen molar-refractivity contribution in [3.8, 4) is 22.8 Å². The second-order valence-electron chi connectivity index (χ2n) is 9.72. The maximum Gasteiger partial charge on any atom is 0.340 e. The molecule has 7 nitrogen and oxygen atoms in total. The van der Waals surface area contributed by atoms with Crippen LogP contribution in [0, 0.1) is 0 Å². The number of hydrogen-bond acceptors (Lipinski definition) is 6. The summed E-state index contributed by atoms with van der Waals surface area (Å²) in [4.78, 5) is 20.0. The maximum atomic E-state index is 13.4. The molecule has 2 N–H and O–H groups in total. The number of aromatic nitrogens is 2. The number of methoxy groups -OCH3 is 1. The van der Waals surface area contributed by atoms with Gasteiger partial charge < -0.3 is 29.0 Å². The largest absolute Gasteiger partial charge is 0.507 e. The summed E-state index contributed by atoms with van der Waals surface area (Å²) in [5, 5.41) is 13.4. The number of thioether (sulfide) groups is 1.